The van der Waals surface area contributed by atoms with Crippen LogP contribution < -0.4 is 15.4 Å². The highest BCUT2D eigenvalue weighted by atomic mass is 35.5. The van der Waals surface area contributed by atoms with Gasteiger partial charge >= 0.3 is 12.2 Å². The molecule has 184 valence electrons. The Kier molecular flexibility index (Phi) is 7.72. The van der Waals surface area contributed by atoms with Crippen LogP contribution in [0.15, 0.2) is 91.0 Å². The third kappa shape index (κ3) is 6.71. The highest BCUT2D eigenvalue weighted by molar-refractivity contribution is 6.35. The summed E-state index contributed by atoms with van der Waals surface area (Å²) < 4.78 is 46.5. The average Bonchev–Trinajstić information content (AvgIpc) is 2.83. The van der Waals surface area contributed by atoms with Gasteiger partial charge in [-0.3, -0.25) is 0 Å². The van der Waals surface area contributed by atoms with Crippen molar-refractivity contribution in [3.05, 3.63) is 118 Å². The minimum Gasteiger partial charge on any atom is -0.455 e. The van der Waals surface area contributed by atoms with E-state index in [0.717, 1.165) is 29.7 Å². The number of carbonyl (C=O) groups is 1. The van der Waals surface area contributed by atoms with Crippen molar-refractivity contribution >= 4 is 40.6 Å². The molecule has 36 heavy (non-hydrogen) atoms. The summed E-state index contributed by atoms with van der Waals surface area (Å²) in [7, 11) is 0. The quantitative estimate of drug-likeness (QED) is 0.261. The topological polar surface area (TPSA) is 50.4 Å². The average molecular weight is 531 g/mol. The molecule has 2 amide bonds. The summed E-state index contributed by atoms with van der Waals surface area (Å²) >= 11 is 11.8. The maximum absolute atomic E-state index is 13.7. The Labute approximate surface area is 215 Å². The number of anilines is 2. The van der Waals surface area contributed by atoms with Crippen molar-refractivity contribution in [2.45, 2.75) is 12.6 Å². The molecule has 0 aromatic heterocycles. The second-order valence-electron chi connectivity index (χ2n) is 7.82. The van der Waals surface area contributed by atoms with Gasteiger partial charge in [0.25, 0.3) is 0 Å². The third-order valence-electron chi connectivity index (χ3n) is 5.12. The molecule has 2 N–H and O–H groups in total. The van der Waals surface area contributed by atoms with Gasteiger partial charge in [-0.1, -0.05) is 65.7 Å². The van der Waals surface area contributed by atoms with Crippen molar-refractivity contribution in [2.75, 3.05) is 10.6 Å². The maximum atomic E-state index is 13.7. The number of halogens is 5. The van der Waals surface area contributed by atoms with E-state index in [2.05, 4.69) is 10.6 Å². The minimum absolute atomic E-state index is 0.0146. The van der Waals surface area contributed by atoms with Gasteiger partial charge in [-0.25, -0.2) is 4.79 Å². The molecule has 0 radical (unpaired) electrons. The summed E-state index contributed by atoms with van der Waals surface area (Å²) in [5, 5.41) is 5.41. The van der Waals surface area contributed by atoms with Crippen molar-refractivity contribution in [3.63, 3.8) is 0 Å². The smallest absolute Gasteiger partial charge is 0.420 e. The lowest BCUT2D eigenvalue weighted by molar-refractivity contribution is -0.138. The molecule has 0 saturated heterocycles. The molecule has 0 spiro atoms. The van der Waals surface area contributed by atoms with E-state index in [1.54, 1.807) is 12.1 Å². The zero-order valence-electron chi connectivity index (χ0n) is 18.6. The van der Waals surface area contributed by atoms with E-state index in [1.807, 2.05) is 42.5 Å². The van der Waals surface area contributed by atoms with E-state index in [-0.39, 0.29) is 16.5 Å². The molecule has 0 unspecified atom stereocenters. The van der Waals surface area contributed by atoms with Gasteiger partial charge in [-0.2, -0.15) is 13.2 Å². The van der Waals surface area contributed by atoms with Crippen LogP contribution >= 0.6 is 23.2 Å². The SMILES string of the molecule is O=C(Nc1ccc(Cc2ccccc2)cc1)Nc1ccc(Oc2ccc(Cl)cc2Cl)c(C(F)(F)F)c1. The van der Waals surface area contributed by atoms with E-state index in [1.165, 1.54) is 24.3 Å². The molecule has 0 heterocycles. The lowest BCUT2D eigenvalue weighted by Crippen LogP contribution is -2.20. The monoisotopic (exact) mass is 530 g/mol. The number of hydrogen-bond donors (Lipinski definition) is 2. The fourth-order valence-corrected chi connectivity index (χ4v) is 3.87. The zero-order chi connectivity index (χ0) is 25.7. The van der Waals surface area contributed by atoms with Gasteiger partial charge in [0, 0.05) is 16.4 Å². The van der Waals surface area contributed by atoms with Crippen molar-refractivity contribution in [2.24, 2.45) is 0 Å². The first-order chi connectivity index (χ1) is 17.2. The number of urea groups is 1. The van der Waals surface area contributed by atoms with Gasteiger partial charge in [-0.15, -0.1) is 0 Å². The van der Waals surface area contributed by atoms with Crippen LogP contribution in [-0.2, 0) is 12.6 Å². The predicted octanol–water partition coefficient (Wildman–Crippen LogP) is 9.04. The number of alkyl halides is 3. The Bertz CT molecular complexity index is 1360. The molecule has 0 aliphatic carbocycles. The van der Waals surface area contributed by atoms with Crippen molar-refractivity contribution in [1.82, 2.24) is 0 Å². The van der Waals surface area contributed by atoms with Crippen molar-refractivity contribution < 1.29 is 22.7 Å². The zero-order valence-corrected chi connectivity index (χ0v) is 20.1. The van der Waals surface area contributed by atoms with E-state index in [4.69, 9.17) is 27.9 Å². The molecule has 0 atom stereocenters. The molecule has 4 aromatic rings. The van der Waals surface area contributed by atoms with Gasteiger partial charge in [0.1, 0.15) is 17.1 Å². The summed E-state index contributed by atoms with van der Waals surface area (Å²) in [4.78, 5) is 12.4. The van der Waals surface area contributed by atoms with E-state index >= 15 is 0 Å². The summed E-state index contributed by atoms with van der Waals surface area (Å²) in [6, 6.07) is 23.8. The van der Waals surface area contributed by atoms with Crippen LogP contribution in [0.5, 0.6) is 11.5 Å². The summed E-state index contributed by atoms with van der Waals surface area (Å²) in [6.45, 7) is 0. The maximum Gasteiger partial charge on any atom is 0.420 e. The predicted molar refractivity (Wildman–Crippen MR) is 136 cm³/mol. The van der Waals surface area contributed by atoms with Crippen molar-refractivity contribution in [3.8, 4) is 11.5 Å². The molecule has 0 fully saturated rings. The van der Waals surface area contributed by atoms with Crippen LogP contribution in [0.1, 0.15) is 16.7 Å². The third-order valence-corrected chi connectivity index (χ3v) is 5.65. The molecular formula is C27H19Cl2F3N2O2. The first-order valence-electron chi connectivity index (χ1n) is 10.7. The van der Waals surface area contributed by atoms with Gasteiger partial charge < -0.3 is 15.4 Å². The highest BCUT2D eigenvalue weighted by Crippen LogP contribution is 2.41. The molecular weight excluding hydrogens is 512 g/mol. The fraction of sp³-hybridized carbons (Fsp3) is 0.0741. The van der Waals surface area contributed by atoms with Crippen LogP contribution in [0.25, 0.3) is 0 Å². The molecule has 4 aromatic carbocycles. The summed E-state index contributed by atoms with van der Waals surface area (Å²) in [6.07, 6.45) is -4.00. The lowest BCUT2D eigenvalue weighted by Gasteiger charge is -2.16. The van der Waals surface area contributed by atoms with Crippen molar-refractivity contribution in [1.29, 1.82) is 0 Å². The largest absolute Gasteiger partial charge is 0.455 e. The van der Waals surface area contributed by atoms with Gasteiger partial charge in [0.2, 0.25) is 0 Å². The molecule has 0 aliphatic rings. The number of carbonyl (C=O) groups excluding carboxylic acids is 1. The number of ether oxygens (including phenoxy) is 1. The fourth-order valence-electron chi connectivity index (χ4n) is 3.43. The van der Waals surface area contributed by atoms with Crippen LogP contribution in [0, 0.1) is 0 Å². The van der Waals surface area contributed by atoms with Gasteiger partial charge in [-0.05, 0) is 66.1 Å². The Morgan fingerprint density at radius 2 is 1.36 bits per heavy atom. The Hall–Kier alpha value is -3.68. The normalized spacial score (nSPS) is 11.1. The Morgan fingerprint density at radius 3 is 2.03 bits per heavy atom. The van der Waals surface area contributed by atoms with Gasteiger partial charge in [0.15, 0.2) is 0 Å². The first-order valence-corrected chi connectivity index (χ1v) is 11.5. The number of nitrogens with one attached hydrogen (secondary N) is 2. The lowest BCUT2D eigenvalue weighted by atomic mass is 10.0. The minimum atomic E-state index is -4.74. The molecule has 4 nitrogen and oxygen atoms in total. The summed E-state index contributed by atoms with van der Waals surface area (Å²) in [5.74, 6) is -0.451. The molecule has 9 heteroatoms. The standard InChI is InChI=1S/C27H19Cl2F3N2O2/c28-19-8-12-25(23(29)15-19)36-24-13-11-21(16-22(24)27(30,31)32)34-26(35)33-20-9-6-18(7-10-20)14-17-4-2-1-3-5-17/h1-13,15-16H,14H2,(H2,33,34,35). The number of amides is 2. The molecule has 0 aliphatic heterocycles. The highest BCUT2D eigenvalue weighted by Gasteiger charge is 2.35. The number of hydrogen-bond acceptors (Lipinski definition) is 2. The van der Waals surface area contributed by atoms with E-state index in [9.17, 15) is 18.0 Å². The molecule has 0 saturated carbocycles. The van der Waals surface area contributed by atoms with Crippen LogP contribution in [-0.4, -0.2) is 6.03 Å². The second kappa shape index (κ2) is 10.9. The van der Waals surface area contributed by atoms with E-state index < -0.39 is 23.5 Å². The Balaban J connectivity index is 1.44. The van der Waals surface area contributed by atoms with Crippen LogP contribution in [0.4, 0.5) is 29.3 Å². The summed E-state index contributed by atoms with van der Waals surface area (Å²) in [5.41, 5.74) is 1.57. The van der Waals surface area contributed by atoms with Gasteiger partial charge in [0.05, 0.1) is 5.02 Å². The number of rotatable bonds is 6. The Morgan fingerprint density at radius 1 is 0.750 bits per heavy atom. The molecule has 0 bridgehead atoms. The van der Waals surface area contributed by atoms with E-state index in [0.29, 0.717) is 10.7 Å². The molecule has 4 rings (SSSR count). The second-order valence-corrected chi connectivity index (χ2v) is 8.67. The van der Waals surface area contributed by atoms with Crippen LogP contribution in [0.2, 0.25) is 10.0 Å². The first kappa shape index (κ1) is 25.4. The number of benzene rings is 4. The van der Waals surface area contributed by atoms with Crippen LogP contribution in [0.3, 0.4) is 0 Å².